The molecular weight excluding hydrogens is 434 g/mol. The van der Waals surface area contributed by atoms with E-state index in [9.17, 15) is 14.0 Å². The van der Waals surface area contributed by atoms with Gasteiger partial charge < -0.3 is 10.2 Å². The molecule has 2 fully saturated rings. The van der Waals surface area contributed by atoms with Crippen molar-refractivity contribution in [2.24, 2.45) is 0 Å². The molecule has 0 saturated carbocycles. The molecule has 0 bridgehead atoms. The number of nitrogens with zero attached hydrogens (tertiary/aromatic N) is 1. The Bertz CT molecular complexity index is 1190. The number of carbonyl (C=O) groups is 2. The third-order valence-corrected chi connectivity index (χ3v) is 7.46. The monoisotopic (exact) mass is 448 g/mol. The molecule has 29 heavy (non-hydrogen) atoms. The first-order valence-electron chi connectivity index (χ1n) is 9.13. The van der Waals surface area contributed by atoms with Gasteiger partial charge in [0.05, 0.1) is 10.6 Å². The molecule has 8 heteroatoms. The molecule has 0 atom stereocenters. The van der Waals surface area contributed by atoms with Crippen molar-refractivity contribution in [3.05, 3.63) is 57.1 Å². The van der Waals surface area contributed by atoms with E-state index < -0.39 is 5.82 Å². The lowest BCUT2D eigenvalue weighted by Gasteiger charge is -2.47. The Morgan fingerprint density at radius 2 is 1.97 bits per heavy atom. The molecule has 3 heterocycles. The zero-order valence-electron chi connectivity index (χ0n) is 15.1. The summed E-state index contributed by atoms with van der Waals surface area (Å²) in [6.45, 7) is 1.01. The molecule has 1 aromatic heterocycles. The predicted molar refractivity (Wildman–Crippen MR) is 113 cm³/mol. The lowest BCUT2D eigenvalue weighted by Crippen LogP contribution is -2.68. The number of amides is 2. The number of hydrogen-bond acceptors (Lipinski definition) is 3. The SMILES string of the molecule is O=C1CCC2(CN(C(=O)c3sc4cc(-c5ccc(Cl)cc5F)ccc4c3Cl)C2)N1. The van der Waals surface area contributed by atoms with Crippen molar-refractivity contribution >= 4 is 56.4 Å². The third-order valence-electron chi connectivity index (χ3n) is 5.58. The van der Waals surface area contributed by atoms with E-state index in [1.807, 2.05) is 12.1 Å². The fourth-order valence-electron chi connectivity index (χ4n) is 4.08. The van der Waals surface area contributed by atoms with E-state index in [1.54, 1.807) is 23.1 Å². The van der Waals surface area contributed by atoms with E-state index in [4.69, 9.17) is 23.2 Å². The molecule has 0 radical (unpaired) electrons. The molecule has 2 aromatic carbocycles. The van der Waals surface area contributed by atoms with Gasteiger partial charge in [-0.3, -0.25) is 9.59 Å². The average molecular weight is 449 g/mol. The highest BCUT2D eigenvalue weighted by Gasteiger charge is 2.49. The Morgan fingerprint density at radius 1 is 1.17 bits per heavy atom. The highest BCUT2D eigenvalue weighted by Crippen LogP contribution is 2.40. The zero-order chi connectivity index (χ0) is 20.3. The van der Waals surface area contributed by atoms with Crippen LogP contribution in [0.25, 0.3) is 21.2 Å². The standard InChI is InChI=1S/C21H15Cl2FN2O2S/c22-12-2-4-13(15(24)8-12)11-1-3-14-16(7-11)29-19(18(14)23)20(28)26-9-21(10-26)6-5-17(27)25-21/h1-4,7-8H,5-6,9-10H2,(H,25,27). The summed E-state index contributed by atoms with van der Waals surface area (Å²) < 4.78 is 15.1. The Labute approximate surface area is 180 Å². The maximum Gasteiger partial charge on any atom is 0.265 e. The Morgan fingerprint density at radius 3 is 2.66 bits per heavy atom. The van der Waals surface area contributed by atoms with Gasteiger partial charge in [-0.05, 0) is 36.2 Å². The van der Waals surface area contributed by atoms with Crippen LogP contribution in [0.1, 0.15) is 22.5 Å². The van der Waals surface area contributed by atoms with Crippen LogP contribution < -0.4 is 5.32 Å². The van der Waals surface area contributed by atoms with Gasteiger partial charge in [0, 0.05) is 40.2 Å². The van der Waals surface area contributed by atoms with Crippen LogP contribution in [-0.4, -0.2) is 35.3 Å². The molecule has 0 unspecified atom stereocenters. The largest absolute Gasteiger partial charge is 0.347 e. The summed E-state index contributed by atoms with van der Waals surface area (Å²) in [4.78, 5) is 26.6. The van der Waals surface area contributed by atoms with Crippen LogP contribution in [0, 0.1) is 5.82 Å². The van der Waals surface area contributed by atoms with E-state index in [1.165, 1.54) is 17.4 Å². The molecule has 2 aliphatic rings. The number of halogens is 3. The minimum atomic E-state index is -0.403. The topological polar surface area (TPSA) is 49.4 Å². The first-order chi connectivity index (χ1) is 13.8. The minimum Gasteiger partial charge on any atom is -0.347 e. The van der Waals surface area contributed by atoms with Gasteiger partial charge in [0.1, 0.15) is 10.7 Å². The van der Waals surface area contributed by atoms with Gasteiger partial charge in [-0.1, -0.05) is 35.3 Å². The summed E-state index contributed by atoms with van der Waals surface area (Å²) in [6, 6.07) is 9.98. The maximum atomic E-state index is 14.3. The van der Waals surface area contributed by atoms with Gasteiger partial charge >= 0.3 is 0 Å². The molecule has 1 spiro atoms. The van der Waals surface area contributed by atoms with Crippen molar-refractivity contribution in [3.63, 3.8) is 0 Å². The number of benzene rings is 2. The number of likely N-dealkylation sites (tertiary alicyclic amines) is 1. The minimum absolute atomic E-state index is 0.0407. The van der Waals surface area contributed by atoms with Gasteiger partial charge in [-0.15, -0.1) is 11.3 Å². The van der Waals surface area contributed by atoms with Gasteiger partial charge in [-0.25, -0.2) is 4.39 Å². The van der Waals surface area contributed by atoms with Crippen molar-refractivity contribution < 1.29 is 14.0 Å². The molecule has 0 aliphatic carbocycles. The summed E-state index contributed by atoms with van der Waals surface area (Å²) in [5.74, 6) is -0.499. The molecule has 1 N–H and O–H groups in total. The molecule has 148 valence electrons. The van der Waals surface area contributed by atoms with Gasteiger partial charge in [0.15, 0.2) is 0 Å². The number of hydrogen-bond donors (Lipinski definition) is 1. The summed E-state index contributed by atoms with van der Waals surface area (Å²) in [7, 11) is 0. The molecule has 3 aromatic rings. The average Bonchev–Trinajstić information content (AvgIpc) is 3.20. The number of rotatable bonds is 2. The normalized spacial score (nSPS) is 17.6. The van der Waals surface area contributed by atoms with Crippen molar-refractivity contribution in [2.75, 3.05) is 13.1 Å². The van der Waals surface area contributed by atoms with Crippen LogP contribution in [0.5, 0.6) is 0 Å². The predicted octanol–water partition coefficient (Wildman–Crippen LogP) is 5.12. The number of carbonyl (C=O) groups excluding carboxylic acids is 2. The van der Waals surface area contributed by atoms with Crippen LogP contribution in [0.4, 0.5) is 4.39 Å². The Kier molecular flexibility index (Phi) is 4.35. The van der Waals surface area contributed by atoms with Crippen LogP contribution >= 0.6 is 34.5 Å². The second kappa shape index (κ2) is 6.69. The second-order valence-corrected chi connectivity index (χ2v) is 9.44. The van der Waals surface area contributed by atoms with Crippen LogP contribution in [0.2, 0.25) is 10.0 Å². The van der Waals surface area contributed by atoms with Crippen molar-refractivity contribution in [1.82, 2.24) is 10.2 Å². The van der Waals surface area contributed by atoms with E-state index in [0.717, 1.165) is 16.5 Å². The first-order valence-corrected chi connectivity index (χ1v) is 10.7. The molecule has 2 saturated heterocycles. The third kappa shape index (κ3) is 3.10. The number of fused-ring (bicyclic) bond motifs is 1. The summed E-state index contributed by atoms with van der Waals surface area (Å²) in [5, 5.41) is 4.49. The van der Waals surface area contributed by atoms with E-state index >= 15 is 0 Å². The first kappa shape index (κ1) is 18.9. The van der Waals surface area contributed by atoms with Crippen molar-refractivity contribution in [1.29, 1.82) is 0 Å². The summed E-state index contributed by atoms with van der Waals surface area (Å²) >= 11 is 13.6. The van der Waals surface area contributed by atoms with Gasteiger partial charge in [0.25, 0.3) is 5.91 Å². The number of nitrogens with one attached hydrogen (secondary N) is 1. The highest BCUT2D eigenvalue weighted by molar-refractivity contribution is 7.21. The fraction of sp³-hybridized carbons (Fsp3) is 0.238. The summed E-state index contributed by atoms with van der Waals surface area (Å²) in [6.07, 6.45) is 1.27. The van der Waals surface area contributed by atoms with Crippen molar-refractivity contribution in [2.45, 2.75) is 18.4 Å². The zero-order valence-corrected chi connectivity index (χ0v) is 17.4. The quantitative estimate of drug-likeness (QED) is 0.591. The molecule has 4 nitrogen and oxygen atoms in total. The second-order valence-electron chi connectivity index (χ2n) is 7.57. The van der Waals surface area contributed by atoms with Crippen LogP contribution in [-0.2, 0) is 4.79 Å². The Balaban J connectivity index is 1.44. The van der Waals surface area contributed by atoms with E-state index in [-0.39, 0.29) is 17.4 Å². The maximum absolute atomic E-state index is 14.3. The van der Waals surface area contributed by atoms with Crippen LogP contribution in [0.15, 0.2) is 36.4 Å². The molecular formula is C21H15Cl2FN2O2S. The highest BCUT2D eigenvalue weighted by atomic mass is 35.5. The molecule has 5 rings (SSSR count). The molecule has 2 aliphatic heterocycles. The molecule has 2 amide bonds. The van der Waals surface area contributed by atoms with Gasteiger partial charge in [0.2, 0.25) is 5.91 Å². The fourth-order valence-corrected chi connectivity index (χ4v) is 5.75. The number of thiophene rings is 1. The summed E-state index contributed by atoms with van der Waals surface area (Å²) in [5.41, 5.74) is 0.866. The lowest BCUT2D eigenvalue weighted by molar-refractivity contribution is -0.120. The smallest absolute Gasteiger partial charge is 0.265 e. The Hall–Kier alpha value is -2.15. The van der Waals surface area contributed by atoms with E-state index in [2.05, 4.69) is 5.32 Å². The van der Waals surface area contributed by atoms with E-state index in [0.29, 0.717) is 45.6 Å². The van der Waals surface area contributed by atoms with Crippen LogP contribution in [0.3, 0.4) is 0 Å². The van der Waals surface area contributed by atoms with Gasteiger partial charge in [-0.2, -0.15) is 0 Å². The van der Waals surface area contributed by atoms with Crippen molar-refractivity contribution in [3.8, 4) is 11.1 Å². The lowest BCUT2D eigenvalue weighted by atomic mass is 9.88.